The molecular formula is C21H14ClF6N5O2. The number of carbonyl (C=O) groups is 1. The molecule has 0 aliphatic carbocycles. The summed E-state index contributed by atoms with van der Waals surface area (Å²) in [6, 6.07) is 3.27. The number of amides is 1. The minimum Gasteiger partial charge on any atom is -0.377 e. The monoisotopic (exact) mass is 517 g/mol. The van der Waals surface area contributed by atoms with Gasteiger partial charge >= 0.3 is 12.4 Å². The number of benzene rings is 1. The van der Waals surface area contributed by atoms with Gasteiger partial charge in [0.2, 0.25) is 0 Å². The fourth-order valence-electron chi connectivity index (χ4n) is 4.30. The molecule has 1 aromatic carbocycles. The van der Waals surface area contributed by atoms with Crippen molar-refractivity contribution in [2.24, 2.45) is 0 Å². The van der Waals surface area contributed by atoms with Gasteiger partial charge in [-0.25, -0.2) is 0 Å². The van der Waals surface area contributed by atoms with E-state index in [2.05, 4.69) is 15.2 Å². The van der Waals surface area contributed by atoms with Crippen LogP contribution in [0.4, 0.5) is 26.3 Å². The zero-order chi connectivity index (χ0) is 25.1. The van der Waals surface area contributed by atoms with Crippen LogP contribution >= 0.6 is 11.6 Å². The number of carbonyl (C=O) groups excluding carboxylic acids is 1. The van der Waals surface area contributed by atoms with E-state index in [0.717, 1.165) is 30.5 Å². The predicted octanol–water partition coefficient (Wildman–Crippen LogP) is 4.63. The Kier molecular flexibility index (Phi) is 5.51. The summed E-state index contributed by atoms with van der Waals surface area (Å²) in [6.45, 7) is 0.0489. The molecule has 5 rings (SSSR count). The van der Waals surface area contributed by atoms with Crippen LogP contribution in [0.1, 0.15) is 33.4 Å². The highest BCUT2D eigenvalue weighted by molar-refractivity contribution is 6.34. The van der Waals surface area contributed by atoms with Crippen molar-refractivity contribution in [3.8, 4) is 11.5 Å². The second-order valence-electron chi connectivity index (χ2n) is 8.00. The summed E-state index contributed by atoms with van der Waals surface area (Å²) in [6.07, 6.45) is -8.32. The second kappa shape index (κ2) is 8.19. The Labute approximate surface area is 198 Å². The molecular weight excluding hydrogens is 504 g/mol. The number of ether oxygens (including phenoxy) is 1. The highest BCUT2D eigenvalue weighted by Crippen LogP contribution is 2.40. The van der Waals surface area contributed by atoms with Crippen molar-refractivity contribution < 1.29 is 35.9 Å². The van der Waals surface area contributed by atoms with Crippen molar-refractivity contribution >= 4 is 17.5 Å². The molecule has 1 saturated heterocycles. The minimum atomic E-state index is -4.75. The Bertz CT molecular complexity index is 1310. The Morgan fingerprint density at radius 1 is 1.06 bits per heavy atom. The van der Waals surface area contributed by atoms with E-state index >= 15 is 0 Å². The Balaban J connectivity index is 1.53. The molecule has 2 aromatic heterocycles. The third-order valence-electron chi connectivity index (χ3n) is 5.87. The molecule has 2 unspecified atom stereocenters. The first-order valence-corrected chi connectivity index (χ1v) is 10.6. The number of nitrogens with zero attached hydrogens (tertiary/aromatic N) is 5. The lowest BCUT2D eigenvalue weighted by molar-refractivity contribution is -0.138. The molecule has 2 aliphatic heterocycles. The smallest absolute Gasteiger partial charge is 0.377 e. The molecule has 2 atom stereocenters. The quantitative estimate of drug-likeness (QED) is 0.464. The van der Waals surface area contributed by atoms with Gasteiger partial charge in [0.25, 0.3) is 5.91 Å². The summed E-state index contributed by atoms with van der Waals surface area (Å²) in [5, 5.41) is 7.34. The SMILES string of the molecule is O=C(c1cccc(C(F)(F)F)c1Cl)N1C2COCC1c1nnc(-c3cc(C(F)(F)F)ccn3)n1C2. The number of alkyl halides is 6. The Morgan fingerprint density at radius 2 is 1.83 bits per heavy atom. The summed E-state index contributed by atoms with van der Waals surface area (Å²) in [7, 11) is 0. The van der Waals surface area contributed by atoms with Crippen LogP contribution in [-0.4, -0.2) is 49.8 Å². The minimum absolute atomic E-state index is 0.0347. The lowest BCUT2D eigenvalue weighted by atomic mass is 10.0. The molecule has 1 amide bonds. The maximum Gasteiger partial charge on any atom is 0.417 e. The van der Waals surface area contributed by atoms with Gasteiger partial charge in [-0.2, -0.15) is 26.3 Å². The first kappa shape index (κ1) is 23.5. The molecule has 2 bridgehead atoms. The summed E-state index contributed by atoms with van der Waals surface area (Å²) in [5.41, 5.74) is -2.43. The van der Waals surface area contributed by atoms with Crippen molar-refractivity contribution in [2.75, 3.05) is 13.2 Å². The third-order valence-corrected chi connectivity index (χ3v) is 6.28. The molecule has 14 heteroatoms. The molecule has 1 fully saturated rings. The number of halogens is 7. The molecule has 7 nitrogen and oxygen atoms in total. The zero-order valence-electron chi connectivity index (χ0n) is 17.4. The molecule has 0 radical (unpaired) electrons. The van der Waals surface area contributed by atoms with E-state index in [1.54, 1.807) is 4.57 Å². The maximum atomic E-state index is 13.4. The van der Waals surface area contributed by atoms with Gasteiger partial charge in [0.15, 0.2) is 11.6 Å². The Morgan fingerprint density at radius 3 is 2.54 bits per heavy atom. The van der Waals surface area contributed by atoms with Crippen molar-refractivity contribution in [3.05, 3.63) is 64.1 Å². The molecule has 2 aliphatic rings. The number of pyridine rings is 1. The first-order chi connectivity index (χ1) is 16.5. The van der Waals surface area contributed by atoms with E-state index < -0.39 is 46.5 Å². The maximum absolute atomic E-state index is 13.4. The van der Waals surface area contributed by atoms with Crippen molar-refractivity contribution in [2.45, 2.75) is 31.0 Å². The van der Waals surface area contributed by atoms with Crippen LogP contribution in [0.5, 0.6) is 0 Å². The molecule has 0 saturated carbocycles. The summed E-state index contributed by atoms with van der Waals surface area (Å²) < 4.78 is 86.5. The lowest BCUT2D eigenvalue weighted by Gasteiger charge is -2.45. The lowest BCUT2D eigenvalue weighted by Crippen LogP contribution is -2.56. The summed E-state index contributed by atoms with van der Waals surface area (Å²) >= 11 is 5.97. The van der Waals surface area contributed by atoms with Gasteiger partial charge in [-0.05, 0) is 24.3 Å². The molecule has 0 N–H and O–H groups in total. The fraction of sp³-hybridized carbons (Fsp3) is 0.333. The van der Waals surface area contributed by atoms with Crippen LogP contribution in [0, 0.1) is 0 Å². The van der Waals surface area contributed by atoms with E-state index in [-0.39, 0.29) is 42.7 Å². The first-order valence-electron chi connectivity index (χ1n) is 10.2. The largest absolute Gasteiger partial charge is 0.417 e. The molecule has 0 spiro atoms. The van der Waals surface area contributed by atoms with Gasteiger partial charge in [-0.1, -0.05) is 17.7 Å². The highest BCUT2D eigenvalue weighted by Gasteiger charge is 2.45. The van der Waals surface area contributed by atoms with Gasteiger partial charge in [-0.3, -0.25) is 9.78 Å². The average Bonchev–Trinajstić information content (AvgIpc) is 3.20. The standard InChI is InChI=1S/C21H14ClF6N5O2/c22-16-12(2-1-3-13(16)21(26,27)28)19(34)33-11-7-32-17(30-31-18(32)15(33)9-35-8-11)14-6-10(4-5-29-14)20(23,24)25/h1-6,11,15H,7-9H2. The van der Waals surface area contributed by atoms with E-state index in [1.807, 2.05) is 0 Å². The van der Waals surface area contributed by atoms with Crippen molar-refractivity contribution in [3.63, 3.8) is 0 Å². The van der Waals surface area contributed by atoms with Crippen LogP contribution in [0.3, 0.4) is 0 Å². The summed E-state index contributed by atoms with van der Waals surface area (Å²) in [5.74, 6) is -0.453. The zero-order valence-corrected chi connectivity index (χ0v) is 18.2. The molecule has 3 aromatic rings. The van der Waals surface area contributed by atoms with E-state index in [4.69, 9.17) is 16.3 Å². The molecule has 184 valence electrons. The van der Waals surface area contributed by atoms with Gasteiger partial charge in [0, 0.05) is 12.7 Å². The fourth-order valence-corrected chi connectivity index (χ4v) is 4.62. The van der Waals surface area contributed by atoms with E-state index in [1.165, 1.54) is 11.0 Å². The molecule has 4 heterocycles. The number of hydrogen-bond acceptors (Lipinski definition) is 5. The number of fused-ring (bicyclic) bond motifs is 4. The number of aromatic nitrogens is 4. The van der Waals surface area contributed by atoms with Crippen LogP contribution in [0.15, 0.2) is 36.5 Å². The average molecular weight is 518 g/mol. The van der Waals surface area contributed by atoms with Gasteiger partial charge in [0.1, 0.15) is 11.7 Å². The van der Waals surface area contributed by atoms with Crippen LogP contribution in [0.2, 0.25) is 5.02 Å². The molecule has 35 heavy (non-hydrogen) atoms. The van der Waals surface area contributed by atoms with Gasteiger partial charge < -0.3 is 14.2 Å². The summed E-state index contributed by atoms with van der Waals surface area (Å²) in [4.78, 5) is 18.7. The van der Waals surface area contributed by atoms with Crippen molar-refractivity contribution in [1.29, 1.82) is 0 Å². The van der Waals surface area contributed by atoms with Gasteiger partial charge in [-0.15, -0.1) is 10.2 Å². The van der Waals surface area contributed by atoms with Crippen molar-refractivity contribution in [1.82, 2.24) is 24.6 Å². The topological polar surface area (TPSA) is 73.1 Å². The third kappa shape index (κ3) is 4.01. The Hall–Kier alpha value is -3.19. The van der Waals surface area contributed by atoms with Crippen LogP contribution in [-0.2, 0) is 23.6 Å². The van der Waals surface area contributed by atoms with Crippen LogP contribution in [0.25, 0.3) is 11.5 Å². The highest BCUT2D eigenvalue weighted by atomic mass is 35.5. The number of morpholine rings is 1. The normalized spacial score (nSPS) is 20.0. The number of hydrogen-bond donors (Lipinski definition) is 0. The van der Waals surface area contributed by atoms with E-state index in [0.29, 0.717) is 0 Å². The van der Waals surface area contributed by atoms with Crippen LogP contribution < -0.4 is 0 Å². The number of rotatable bonds is 2. The van der Waals surface area contributed by atoms with Gasteiger partial charge in [0.05, 0.1) is 41.0 Å². The second-order valence-corrected chi connectivity index (χ2v) is 8.38. The van der Waals surface area contributed by atoms with E-state index in [9.17, 15) is 31.1 Å². The predicted molar refractivity (Wildman–Crippen MR) is 108 cm³/mol.